The Morgan fingerprint density at radius 2 is 1.31 bits per heavy atom. The summed E-state index contributed by atoms with van der Waals surface area (Å²) in [5.74, 6) is 0.193. The Morgan fingerprint density at radius 3 is 1.62 bits per heavy atom. The van der Waals surface area contributed by atoms with E-state index >= 15 is 0 Å². The smallest absolute Gasteiger partial charge is 0.297 e. The van der Waals surface area contributed by atoms with Crippen LogP contribution in [0.2, 0.25) is 0 Å². The van der Waals surface area contributed by atoms with Gasteiger partial charge in [-0.25, -0.2) is 9.97 Å². The van der Waals surface area contributed by atoms with Crippen molar-refractivity contribution < 1.29 is 9.13 Å². The normalized spacial score (nSPS) is 12.2. The molecule has 0 radical (unpaired) electrons. The number of hydrogen-bond acceptors (Lipinski definition) is 4. The fraction of sp³-hybridized carbons (Fsp3) is 0. The van der Waals surface area contributed by atoms with E-state index in [2.05, 4.69) is 20.1 Å². The first-order valence-electron chi connectivity index (χ1n) is 3.89. The molecule has 10 N–H and O–H groups in total. The first-order valence-corrected chi connectivity index (χ1v) is 7.58. The monoisotopic (exact) mass is 266 g/mol. The van der Waals surface area contributed by atoms with E-state index in [0.29, 0.717) is 0 Å². The van der Waals surface area contributed by atoms with Gasteiger partial charge in [0.15, 0.2) is 0 Å². The highest BCUT2D eigenvalue weighted by Crippen LogP contribution is 2.29. The molecular formula is C4H12N8O2P2. The van der Waals surface area contributed by atoms with Crippen LogP contribution >= 0.6 is 15.2 Å². The van der Waals surface area contributed by atoms with Crippen LogP contribution in [0.25, 0.3) is 0 Å². The summed E-state index contributed by atoms with van der Waals surface area (Å²) < 4.78 is 22.1. The standard InChI is InChI=1S/C4H12N8O2P2/c5-15(6,13)11-3-1-4(10-2-9-3)12-16(7,8)14/h1-2H,(H10,5,6,7,8,9,10,11,12,13,14). The van der Waals surface area contributed by atoms with Crippen molar-refractivity contribution in [2.24, 2.45) is 22.0 Å². The predicted molar refractivity (Wildman–Crippen MR) is 61.2 cm³/mol. The maximum atomic E-state index is 11.0. The molecule has 0 atom stereocenters. The van der Waals surface area contributed by atoms with Crippen LogP contribution < -0.4 is 32.2 Å². The van der Waals surface area contributed by atoms with Gasteiger partial charge in [-0.1, -0.05) is 0 Å². The van der Waals surface area contributed by atoms with Crippen molar-refractivity contribution in [2.75, 3.05) is 10.2 Å². The molecule has 0 fully saturated rings. The van der Waals surface area contributed by atoms with Gasteiger partial charge < -0.3 is 0 Å². The molecule has 16 heavy (non-hydrogen) atoms. The zero-order valence-corrected chi connectivity index (χ0v) is 9.86. The Kier molecular flexibility index (Phi) is 3.64. The second-order valence-corrected chi connectivity index (χ2v) is 6.22. The molecule has 1 heterocycles. The Balaban J connectivity index is 2.88. The van der Waals surface area contributed by atoms with E-state index < -0.39 is 15.2 Å². The highest BCUT2D eigenvalue weighted by Gasteiger charge is 2.12. The minimum atomic E-state index is -3.46. The Bertz CT molecular complexity index is 426. The Hall–Kier alpha value is -1.02. The number of nitrogens with two attached hydrogens (primary N) is 4. The third kappa shape index (κ3) is 5.17. The third-order valence-electron chi connectivity index (χ3n) is 1.25. The molecule has 10 nitrogen and oxygen atoms in total. The quantitative estimate of drug-likeness (QED) is 0.382. The number of rotatable bonds is 4. The van der Waals surface area contributed by atoms with Gasteiger partial charge in [-0.2, -0.15) is 0 Å². The Morgan fingerprint density at radius 1 is 0.938 bits per heavy atom. The topological polar surface area (TPSA) is 188 Å². The minimum absolute atomic E-state index is 0.0966. The van der Waals surface area contributed by atoms with Crippen molar-refractivity contribution in [3.8, 4) is 0 Å². The van der Waals surface area contributed by atoms with Crippen molar-refractivity contribution in [1.82, 2.24) is 9.97 Å². The van der Waals surface area contributed by atoms with E-state index in [4.69, 9.17) is 22.0 Å². The van der Waals surface area contributed by atoms with Crippen LogP contribution in [0.5, 0.6) is 0 Å². The molecule has 0 bridgehead atoms. The van der Waals surface area contributed by atoms with Gasteiger partial charge in [0, 0.05) is 6.07 Å². The van der Waals surface area contributed by atoms with Crippen molar-refractivity contribution in [3.05, 3.63) is 12.4 Å². The molecule has 0 unspecified atom stereocenters. The number of aromatic nitrogens is 2. The van der Waals surface area contributed by atoms with Crippen molar-refractivity contribution >= 4 is 26.8 Å². The van der Waals surface area contributed by atoms with Crippen molar-refractivity contribution in [2.45, 2.75) is 0 Å². The van der Waals surface area contributed by atoms with E-state index in [1.54, 1.807) is 0 Å². The van der Waals surface area contributed by atoms with Crippen LogP contribution in [-0.2, 0) is 9.13 Å². The first-order chi connectivity index (χ1) is 7.16. The maximum absolute atomic E-state index is 11.0. The molecule has 0 saturated heterocycles. The molecule has 12 heteroatoms. The molecular weight excluding hydrogens is 254 g/mol. The average molecular weight is 266 g/mol. The van der Waals surface area contributed by atoms with Gasteiger partial charge in [-0.05, 0) is 0 Å². The lowest BCUT2D eigenvalue weighted by atomic mass is 10.5. The van der Waals surface area contributed by atoms with E-state index in [1.807, 2.05) is 0 Å². The van der Waals surface area contributed by atoms with Crippen LogP contribution in [0.1, 0.15) is 0 Å². The van der Waals surface area contributed by atoms with Crippen LogP contribution in [0.3, 0.4) is 0 Å². The fourth-order valence-corrected chi connectivity index (χ4v) is 1.80. The van der Waals surface area contributed by atoms with Gasteiger partial charge in [0.2, 0.25) is 0 Å². The summed E-state index contributed by atoms with van der Waals surface area (Å²) in [4.78, 5) is 7.38. The van der Waals surface area contributed by atoms with Crippen LogP contribution in [-0.4, -0.2) is 9.97 Å². The van der Waals surface area contributed by atoms with Crippen LogP contribution in [0, 0.1) is 0 Å². The third-order valence-corrected chi connectivity index (χ3v) is 2.40. The van der Waals surface area contributed by atoms with E-state index in [1.165, 1.54) is 6.07 Å². The summed E-state index contributed by atoms with van der Waals surface area (Å²) in [6, 6.07) is 1.26. The summed E-state index contributed by atoms with van der Waals surface area (Å²) in [7, 11) is -6.92. The molecule has 1 aromatic rings. The summed E-state index contributed by atoms with van der Waals surface area (Å²) in [5, 5.41) is 4.51. The second-order valence-electron chi connectivity index (χ2n) is 2.93. The molecule has 0 aromatic carbocycles. The molecule has 0 aliphatic rings. The average Bonchev–Trinajstić information content (AvgIpc) is 1.96. The van der Waals surface area contributed by atoms with Crippen molar-refractivity contribution in [3.63, 3.8) is 0 Å². The number of anilines is 2. The molecule has 90 valence electrons. The molecule has 0 amide bonds. The first kappa shape index (κ1) is 13.0. The summed E-state index contributed by atoms with van der Waals surface area (Å²) >= 11 is 0. The van der Waals surface area contributed by atoms with E-state index in [9.17, 15) is 9.13 Å². The largest absolute Gasteiger partial charge is 0.299 e. The number of hydrogen-bond donors (Lipinski definition) is 6. The van der Waals surface area contributed by atoms with Gasteiger partial charge in [0.1, 0.15) is 18.0 Å². The fourth-order valence-electron chi connectivity index (χ4n) is 0.838. The Labute approximate surface area is 91.2 Å². The minimum Gasteiger partial charge on any atom is -0.297 e. The van der Waals surface area contributed by atoms with E-state index in [-0.39, 0.29) is 11.6 Å². The van der Waals surface area contributed by atoms with Crippen LogP contribution in [0.15, 0.2) is 12.4 Å². The maximum Gasteiger partial charge on any atom is 0.299 e. The van der Waals surface area contributed by atoms with Gasteiger partial charge >= 0.3 is 0 Å². The molecule has 0 aliphatic carbocycles. The SMILES string of the molecule is NP(N)(=O)Nc1cc(NP(N)(N)=O)ncn1. The van der Waals surface area contributed by atoms with Gasteiger partial charge in [0.05, 0.1) is 0 Å². The lowest BCUT2D eigenvalue weighted by molar-refractivity contribution is 0.579. The van der Waals surface area contributed by atoms with Crippen LogP contribution in [0.4, 0.5) is 11.6 Å². The lowest BCUT2D eigenvalue weighted by Crippen LogP contribution is -2.16. The van der Waals surface area contributed by atoms with Gasteiger partial charge in [-0.15, -0.1) is 0 Å². The molecule has 0 aliphatic heterocycles. The number of nitrogens with one attached hydrogen (secondary N) is 2. The van der Waals surface area contributed by atoms with Gasteiger partial charge in [0.25, 0.3) is 15.2 Å². The van der Waals surface area contributed by atoms with Gasteiger partial charge in [-0.3, -0.25) is 41.3 Å². The zero-order valence-electron chi connectivity index (χ0n) is 8.07. The zero-order chi connectivity index (χ0) is 12.4. The summed E-state index contributed by atoms with van der Waals surface area (Å²) in [6.07, 6.45) is 1.11. The molecule has 0 spiro atoms. The molecule has 0 saturated carbocycles. The predicted octanol–water partition coefficient (Wildman–Crippen LogP) is -0.649. The highest BCUT2D eigenvalue weighted by atomic mass is 31.2. The lowest BCUT2D eigenvalue weighted by Gasteiger charge is -2.12. The molecule has 1 rings (SSSR count). The highest BCUT2D eigenvalue weighted by molar-refractivity contribution is 7.60. The van der Waals surface area contributed by atoms with E-state index in [0.717, 1.165) is 6.33 Å². The number of nitrogens with zero attached hydrogens (tertiary/aromatic N) is 2. The summed E-state index contributed by atoms with van der Waals surface area (Å²) in [5.41, 5.74) is 20.3. The summed E-state index contributed by atoms with van der Waals surface area (Å²) in [6.45, 7) is 0. The second kappa shape index (κ2) is 4.46. The van der Waals surface area contributed by atoms with Crippen molar-refractivity contribution in [1.29, 1.82) is 0 Å². The molecule has 1 aromatic heterocycles.